The molecule has 0 radical (unpaired) electrons. The zero-order valence-electron chi connectivity index (χ0n) is 10.7. The van der Waals surface area contributed by atoms with Crippen LogP contribution in [0, 0.1) is 0 Å². The normalized spacial score (nSPS) is 23.3. The number of ether oxygens (including phenoxy) is 1. The fourth-order valence-electron chi connectivity index (χ4n) is 2.41. The molecule has 0 spiro atoms. The van der Waals surface area contributed by atoms with Gasteiger partial charge in [0.2, 0.25) is 0 Å². The Hall–Kier alpha value is -1.55. The summed E-state index contributed by atoms with van der Waals surface area (Å²) in [6, 6.07) is 7.26. The maximum Gasteiger partial charge on any atom is 0.321 e. The molecule has 1 aromatic carbocycles. The van der Waals surface area contributed by atoms with Crippen LogP contribution < -0.4 is 10.1 Å². The lowest BCUT2D eigenvalue weighted by molar-refractivity contribution is -0.139. The SMILES string of the molecule is CC(C)Oc1cccc(C2CCNC2C(=O)O)c1. The number of nitrogens with one attached hydrogen (secondary N) is 1. The highest BCUT2D eigenvalue weighted by molar-refractivity contribution is 5.75. The number of carbonyl (C=O) groups is 1. The topological polar surface area (TPSA) is 58.6 Å². The molecule has 0 amide bonds. The van der Waals surface area contributed by atoms with Gasteiger partial charge in [-0.25, -0.2) is 0 Å². The van der Waals surface area contributed by atoms with Crippen LogP contribution in [0.1, 0.15) is 31.7 Å². The summed E-state index contributed by atoms with van der Waals surface area (Å²) >= 11 is 0. The minimum atomic E-state index is -0.785. The van der Waals surface area contributed by atoms with Gasteiger partial charge in [0.05, 0.1) is 6.10 Å². The van der Waals surface area contributed by atoms with E-state index in [2.05, 4.69) is 5.32 Å². The molecule has 1 saturated heterocycles. The fraction of sp³-hybridized carbons (Fsp3) is 0.500. The maximum absolute atomic E-state index is 11.2. The van der Waals surface area contributed by atoms with Crippen molar-refractivity contribution in [3.05, 3.63) is 29.8 Å². The fourth-order valence-corrected chi connectivity index (χ4v) is 2.41. The van der Waals surface area contributed by atoms with Crippen molar-refractivity contribution < 1.29 is 14.6 Å². The Labute approximate surface area is 107 Å². The molecule has 1 aromatic rings. The number of carboxylic acid groups (broad SMARTS) is 1. The Kier molecular flexibility index (Phi) is 3.87. The van der Waals surface area contributed by atoms with E-state index in [9.17, 15) is 4.79 Å². The van der Waals surface area contributed by atoms with Gasteiger partial charge in [-0.15, -0.1) is 0 Å². The average Bonchev–Trinajstić information content (AvgIpc) is 2.77. The van der Waals surface area contributed by atoms with Gasteiger partial charge in [-0.05, 0) is 44.5 Å². The summed E-state index contributed by atoms with van der Waals surface area (Å²) in [6.45, 7) is 4.70. The van der Waals surface area contributed by atoms with E-state index in [1.807, 2.05) is 38.1 Å². The summed E-state index contributed by atoms with van der Waals surface area (Å²) in [7, 11) is 0. The van der Waals surface area contributed by atoms with Crippen LogP contribution in [0.25, 0.3) is 0 Å². The lowest BCUT2D eigenvalue weighted by Gasteiger charge is -2.17. The number of aliphatic carboxylic acids is 1. The van der Waals surface area contributed by atoms with E-state index in [1.54, 1.807) is 0 Å². The molecule has 4 heteroatoms. The molecule has 2 unspecified atom stereocenters. The average molecular weight is 249 g/mol. The monoisotopic (exact) mass is 249 g/mol. The second kappa shape index (κ2) is 5.40. The quantitative estimate of drug-likeness (QED) is 0.857. The van der Waals surface area contributed by atoms with Gasteiger partial charge in [-0.3, -0.25) is 4.79 Å². The van der Waals surface area contributed by atoms with Crippen LogP contribution in [0.2, 0.25) is 0 Å². The number of rotatable bonds is 4. The first-order valence-electron chi connectivity index (χ1n) is 6.30. The molecule has 0 bridgehead atoms. The molecule has 4 nitrogen and oxygen atoms in total. The molecule has 0 saturated carbocycles. The third kappa shape index (κ3) is 2.82. The first-order valence-corrected chi connectivity index (χ1v) is 6.30. The van der Waals surface area contributed by atoms with Gasteiger partial charge in [0, 0.05) is 5.92 Å². The second-order valence-electron chi connectivity index (χ2n) is 4.90. The van der Waals surface area contributed by atoms with Crippen LogP contribution >= 0.6 is 0 Å². The Morgan fingerprint density at radius 2 is 2.28 bits per heavy atom. The van der Waals surface area contributed by atoms with Crippen molar-refractivity contribution in [2.75, 3.05) is 6.54 Å². The van der Waals surface area contributed by atoms with E-state index in [4.69, 9.17) is 9.84 Å². The van der Waals surface area contributed by atoms with Crippen LogP contribution in [0.3, 0.4) is 0 Å². The standard InChI is InChI=1S/C14H19NO3/c1-9(2)18-11-5-3-4-10(8-11)12-6-7-15-13(12)14(16)17/h3-5,8-9,12-13,15H,6-7H2,1-2H3,(H,16,17). The number of benzene rings is 1. The summed E-state index contributed by atoms with van der Waals surface area (Å²) in [5.74, 6) is 0.0458. The Bertz CT molecular complexity index is 431. The second-order valence-corrected chi connectivity index (χ2v) is 4.90. The van der Waals surface area contributed by atoms with Gasteiger partial charge in [0.25, 0.3) is 0 Å². The molecule has 0 aromatic heterocycles. The highest BCUT2D eigenvalue weighted by atomic mass is 16.5. The van der Waals surface area contributed by atoms with E-state index in [-0.39, 0.29) is 12.0 Å². The van der Waals surface area contributed by atoms with Crippen molar-refractivity contribution in [1.29, 1.82) is 0 Å². The van der Waals surface area contributed by atoms with Crippen LogP contribution in [0.5, 0.6) is 5.75 Å². The first-order chi connectivity index (χ1) is 8.58. The molecule has 2 N–H and O–H groups in total. The Morgan fingerprint density at radius 3 is 2.94 bits per heavy atom. The molecule has 18 heavy (non-hydrogen) atoms. The van der Waals surface area contributed by atoms with Crippen molar-refractivity contribution in [2.45, 2.75) is 38.3 Å². The van der Waals surface area contributed by atoms with Crippen molar-refractivity contribution in [2.24, 2.45) is 0 Å². The summed E-state index contributed by atoms with van der Waals surface area (Å²) < 4.78 is 5.64. The molecular formula is C14H19NO3. The van der Waals surface area contributed by atoms with Gasteiger partial charge in [0.15, 0.2) is 0 Å². The summed E-state index contributed by atoms with van der Waals surface area (Å²) in [5, 5.41) is 12.2. The first kappa shape index (κ1) is 12.9. The minimum Gasteiger partial charge on any atom is -0.491 e. The van der Waals surface area contributed by atoms with Crippen LogP contribution in [-0.4, -0.2) is 29.8 Å². The highest BCUT2D eigenvalue weighted by Crippen LogP contribution is 2.30. The van der Waals surface area contributed by atoms with Crippen molar-refractivity contribution in [3.63, 3.8) is 0 Å². The smallest absolute Gasteiger partial charge is 0.321 e. The third-order valence-electron chi connectivity index (χ3n) is 3.15. The third-order valence-corrected chi connectivity index (χ3v) is 3.15. The molecule has 2 rings (SSSR count). The van der Waals surface area contributed by atoms with E-state index < -0.39 is 12.0 Å². The van der Waals surface area contributed by atoms with Crippen LogP contribution in [0.4, 0.5) is 0 Å². The van der Waals surface area contributed by atoms with Gasteiger partial charge in [0.1, 0.15) is 11.8 Å². The Morgan fingerprint density at radius 1 is 1.50 bits per heavy atom. The van der Waals surface area contributed by atoms with Gasteiger partial charge < -0.3 is 15.2 Å². The van der Waals surface area contributed by atoms with E-state index >= 15 is 0 Å². The summed E-state index contributed by atoms with van der Waals surface area (Å²) in [6.07, 6.45) is 0.972. The van der Waals surface area contributed by atoms with Crippen molar-refractivity contribution in [1.82, 2.24) is 5.32 Å². The number of carboxylic acids is 1. The lowest BCUT2D eigenvalue weighted by Crippen LogP contribution is -2.34. The van der Waals surface area contributed by atoms with Gasteiger partial charge >= 0.3 is 5.97 Å². The molecule has 98 valence electrons. The van der Waals surface area contributed by atoms with E-state index in [0.29, 0.717) is 0 Å². The molecule has 1 heterocycles. The minimum absolute atomic E-state index is 0.0261. The largest absolute Gasteiger partial charge is 0.491 e. The molecule has 2 atom stereocenters. The van der Waals surface area contributed by atoms with E-state index in [0.717, 1.165) is 24.3 Å². The molecular weight excluding hydrogens is 230 g/mol. The van der Waals surface area contributed by atoms with Gasteiger partial charge in [-0.2, -0.15) is 0 Å². The molecule has 0 aliphatic carbocycles. The molecule has 1 aliphatic rings. The van der Waals surface area contributed by atoms with Gasteiger partial charge in [-0.1, -0.05) is 12.1 Å². The maximum atomic E-state index is 11.2. The Balaban J connectivity index is 2.19. The number of hydrogen-bond donors (Lipinski definition) is 2. The summed E-state index contributed by atoms with van der Waals surface area (Å²) in [5.41, 5.74) is 1.03. The number of hydrogen-bond acceptors (Lipinski definition) is 3. The predicted octanol–water partition coefficient (Wildman–Crippen LogP) is 2.00. The van der Waals surface area contributed by atoms with Crippen LogP contribution in [0.15, 0.2) is 24.3 Å². The zero-order chi connectivity index (χ0) is 13.1. The molecule has 1 fully saturated rings. The van der Waals surface area contributed by atoms with Crippen LogP contribution in [-0.2, 0) is 4.79 Å². The van der Waals surface area contributed by atoms with Crippen molar-refractivity contribution in [3.8, 4) is 5.75 Å². The highest BCUT2D eigenvalue weighted by Gasteiger charge is 2.33. The van der Waals surface area contributed by atoms with E-state index in [1.165, 1.54) is 0 Å². The zero-order valence-corrected chi connectivity index (χ0v) is 10.7. The predicted molar refractivity (Wildman–Crippen MR) is 69.0 cm³/mol. The van der Waals surface area contributed by atoms with Crippen molar-refractivity contribution >= 4 is 5.97 Å². The molecule has 1 aliphatic heterocycles. The lowest BCUT2D eigenvalue weighted by atomic mass is 9.92. The summed E-state index contributed by atoms with van der Waals surface area (Å²) in [4.78, 5) is 11.2.